The Balaban J connectivity index is 1.92. The Bertz CT molecular complexity index is 792. The first-order valence-corrected chi connectivity index (χ1v) is 7.10. The lowest BCUT2D eigenvalue weighted by Gasteiger charge is -2.21. The van der Waals surface area contributed by atoms with Crippen LogP contribution in [0.15, 0.2) is 36.8 Å². The van der Waals surface area contributed by atoms with Crippen molar-refractivity contribution >= 4 is 11.3 Å². The van der Waals surface area contributed by atoms with Crippen LogP contribution in [0.1, 0.15) is 12.0 Å². The lowest BCUT2D eigenvalue weighted by atomic mass is 9.97. The van der Waals surface area contributed by atoms with E-state index in [0.29, 0.717) is 0 Å². The van der Waals surface area contributed by atoms with Crippen LogP contribution in [0.3, 0.4) is 0 Å². The van der Waals surface area contributed by atoms with Gasteiger partial charge in [-0.3, -0.25) is 0 Å². The van der Waals surface area contributed by atoms with Crippen molar-refractivity contribution in [2.75, 3.05) is 19.0 Å². The summed E-state index contributed by atoms with van der Waals surface area (Å²) in [5.41, 5.74) is 5.41. The first kappa shape index (κ1) is 12.2. The van der Waals surface area contributed by atoms with E-state index in [2.05, 4.69) is 27.5 Å². The summed E-state index contributed by atoms with van der Waals surface area (Å²) in [7, 11) is 1.71. The number of anilines is 1. The van der Waals surface area contributed by atoms with Gasteiger partial charge in [0.2, 0.25) is 0 Å². The van der Waals surface area contributed by atoms with Gasteiger partial charge in [-0.15, -0.1) is 0 Å². The molecule has 0 saturated heterocycles. The van der Waals surface area contributed by atoms with E-state index < -0.39 is 0 Å². The normalized spacial score (nSPS) is 13.8. The lowest BCUT2D eigenvalue weighted by molar-refractivity contribution is 0.415. The molecule has 1 aliphatic heterocycles. The minimum Gasteiger partial charge on any atom is -0.495 e. The highest BCUT2D eigenvalue weighted by Gasteiger charge is 2.17. The van der Waals surface area contributed by atoms with Gasteiger partial charge in [0.1, 0.15) is 5.75 Å². The Morgan fingerprint density at radius 2 is 2.29 bits per heavy atom. The fourth-order valence-electron chi connectivity index (χ4n) is 2.91. The average Bonchev–Trinajstić information content (AvgIpc) is 2.98. The molecule has 1 aliphatic rings. The van der Waals surface area contributed by atoms with Crippen LogP contribution in [0.2, 0.25) is 0 Å². The number of nitrogens with zero attached hydrogens (tertiary/aromatic N) is 3. The zero-order valence-corrected chi connectivity index (χ0v) is 11.8. The molecule has 1 aromatic carbocycles. The zero-order chi connectivity index (χ0) is 14.2. The average molecular weight is 280 g/mol. The molecule has 2 aromatic heterocycles. The summed E-state index contributed by atoms with van der Waals surface area (Å²) >= 11 is 0. The van der Waals surface area contributed by atoms with Crippen molar-refractivity contribution in [2.24, 2.45) is 0 Å². The van der Waals surface area contributed by atoms with Gasteiger partial charge in [0.25, 0.3) is 0 Å². The maximum atomic E-state index is 5.55. The number of ether oxygens (including phenoxy) is 1. The number of hydrogen-bond acceptors (Lipinski definition) is 4. The minimum absolute atomic E-state index is 0.864. The molecule has 5 nitrogen and oxygen atoms in total. The monoisotopic (exact) mass is 280 g/mol. The predicted molar refractivity (Wildman–Crippen MR) is 81.8 cm³/mol. The maximum Gasteiger partial charge on any atom is 0.162 e. The Kier molecular flexibility index (Phi) is 2.77. The summed E-state index contributed by atoms with van der Waals surface area (Å²) in [4.78, 5) is 4.43. The van der Waals surface area contributed by atoms with Crippen molar-refractivity contribution < 1.29 is 4.74 Å². The molecule has 0 spiro atoms. The molecule has 1 N–H and O–H groups in total. The Morgan fingerprint density at radius 1 is 1.33 bits per heavy atom. The molecule has 21 heavy (non-hydrogen) atoms. The molecule has 0 fully saturated rings. The number of fused-ring (bicyclic) bond motifs is 2. The molecule has 106 valence electrons. The van der Waals surface area contributed by atoms with E-state index in [1.165, 1.54) is 5.56 Å². The van der Waals surface area contributed by atoms with Crippen LogP contribution in [0.25, 0.3) is 16.8 Å². The number of aromatic nitrogens is 3. The number of rotatable bonds is 2. The molecular formula is C16H16N4O. The third kappa shape index (κ3) is 1.93. The number of hydrogen-bond donors (Lipinski definition) is 1. The highest BCUT2D eigenvalue weighted by molar-refractivity contribution is 5.81. The SMILES string of the molecule is COc1cc(-c2cnn3cccnc23)cc2c1NCCC2. The Morgan fingerprint density at radius 3 is 3.19 bits per heavy atom. The van der Waals surface area contributed by atoms with Gasteiger partial charge in [-0.25, -0.2) is 9.50 Å². The van der Waals surface area contributed by atoms with Crippen molar-refractivity contribution in [2.45, 2.75) is 12.8 Å². The molecular weight excluding hydrogens is 264 g/mol. The first-order valence-electron chi connectivity index (χ1n) is 7.10. The molecule has 0 radical (unpaired) electrons. The summed E-state index contributed by atoms with van der Waals surface area (Å²) in [6.45, 7) is 1.00. The fraction of sp³-hybridized carbons (Fsp3) is 0.250. The standard InChI is InChI=1S/C16H16N4O/c1-21-14-9-12(8-11-4-2-5-17-15(11)14)13-10-19-20-7-3-6-18-16(13)20/h3,6-10,17H,2,4-5H2,1H3. The molecule has 0 unspecified atom stereocenters. The summed E-state index contributed by atoms with van der Waals surface area (Å²) < 4.78 is 7.34. The van der Waals surface area contributed by atoms with Crippen molar-refractivity contribution in [1.82, 2.24) is 14.6 Å². The van der Waals surface area contributed by atoms with E-state index in [-0.39, 0.29) is 0 Å². The van der Waals surface area contributed by atoms with Gasteiger partial charge in [-0.1, -0.05) is 0 Å². The maximum absolute atomic E-state index is 5.55. The quantitative estimate of drug-likeness (QED) is 0.784. The minimum atomic E-state index is 0.864. The highest BCUT2D eigenvalue weighted by Crippen LogP contribution is 2.37. The summed E-state index contributed by atoms with van der Waals surface area (Å²) in [5.74, 6) is 0.887. The molecule has 4 rings (SSSR count). The van der Waals surface area contributed by atoms with Crippen LogP contribution >= 0.6 is 0 Å². The topological polar surface area (TPSA) is 51.5 Å². The fourth-order valence-corrected chi connectivity index (χ4v) is 2.91. The zero-order valence-electron chi connectivity index (χ0n) is 11.8. The van der Waals surface area contributed by atoms with Crippen LogP contribution in [0.4, 0.5) is 5.69 Å². The van der Waals surface area contributed by atoms with E-state index in [1.54, 1.807) is 17.8 Å². The van der Waals surface area contributed by atoms with Gasteiger partial charge < -0.3 is 10.1 Å². The van der Waals surface area contributed by atoms with Crippen LogP contribution in [-0.2, 0) is 6.42 Å². The second-order valence-electron chi connectivity index (χ2n) is 5.19. The van der Waals surface area contributed by atoms with Crippen molar-refractivity contribution in [3.8, 4) is 16.9 Å². The summed E-state index contributed by atoms with van der Waals surface area (Å²) in [6, 6.07) is 6.15. The molecule has 5 heteroatoms. The van der Waals surface area contributed by atoms with Crippen LogP contribution in [-0.4, -0.2) is 28.3 Å². The second-order valence-corrected chi connectivity index (χ2v) is 5.19. The van der Waals surface area contributed by atoms with Crippen LogP contribution in [0, 0.1) is 0 Å². The van der Waals surface area contributed by atoms with Gasteiger partial charge in [-0.05, 0) is 42.2 Å². The number of methoxy groups -OCH3 is 1. The molecule has 0 aliphatic carbocycles. The molecule has 0 saturated carbocycles. The molecule has 3 aromatic rings. The van der Waals surface area contributed by atoms with Gasteiger partial charge in [-0.2, -0.15) is 5.10 Å². The van der Waals surface area contributed by atoms with E-state index in [0.717, 1.165) is 47.6 Å². The molecule has 0 amide bonds. The van der Waals surface area contributed by atoms with Gasteiger partial charge >= 0.3 is 0 Å². The van der Waals surface area contributed by atoms with E-state index in [9.17, 15) is 0 Å². The van der Waals surface area contributed by atoms with Crippen molar-refractivity contribution in [1.29, 1.82) is 0 Å². The number of aryl methyl sites for hydroxylation is 1. The molecule has 3 heterocycles. The molecule has 0 bridgehead atoms. The Hall–Kier alpha value is -2.56. The van der Waals surface area contributed by atoms with Crippen LogP contribution in [0.5, 0.6) is 5.75 Å². The first-order chi connectivity index (χ1) is 10.4. The largest absolute Gasteiger partial charge is 0.495 e. The summed E-state index contributed by atoms with van der Waals surface area (Å²) in [5, 5.41) is 7.79. The third-order valence-corrected chi connectivity index (χ3v) is 3.92. The van der Waals surface area contributed by atoms with E-state index in [1.807, 2.05) is 18.5 Å². The van der Waals surface area contributed by atoms with Crippen molar-refractivity contribution in [3.05, 3.63) is 42.4 Å². The van der Waals surface area contributed by atoms with Crippen LogP contribution < -0.4 is 10.1 Å². The lowest BCUT2D eigenvalue weighted by Crippen LogP contribution is -2.12. The predicted octanol–water partition coefficient (Wildman–Crippen LogP) is 2.76. The smallest absolute Gasteiger partial charge is 0.162 e. The third-order valence-electron chi connectivity index (χ3n) is 3.92. The van der Waals surface area contributed by atoms with Gasteiger partial charge in [0.05, 0.1) is 19.0 Å². The van der Waals surface area contributed by atoms with Crippen molar-refractivity contribution in [3.63, 3.8) is 0 Å². The Labute approximate surface area is 122 Å². The summed E-state index contributed by atoms with van der Waals surface area (Å²) in [6.07, 6.45) is 7.77. The number of nitrogens with one attached hydrogen (secondary N) is 1. The highest BCUT2D eigenvalue weighted by atomic mass is 16.5. The van der Waals surface area contributed by atoms with Gasteiger partial charge in [0, 0.05) is 24.5 Å². The van der Waals surface area contributed by atoms with E-state index in [4.69, 9.17) is 4.74 Å². The number of benzene rings is 1. The van der Waals surface area contributed by atoms with E-state index >= 15 is 0 Å². The van der Waals surface area contributed by atoms with Gasteiger partial charge in [0.15, 0.2) is 5.65 Å². The second kappa shape index (κ2) is 4.77. The molecule has 0 atom stereocenters.